The van der Waals surface area contributed by atoms with Crippen LogP contribution in [0.4, 0.5) is 0 Å². The Hall–Kier alpha value is -1.69. The Balaban J connectivity index is 2.80. The van der Waals surface area contributed by atoms with Crippen LogP contribution < -0.4 is 0 Å². The van der Waals surface area contributed by atoms with E-state index in [0.29, 0.717) is 5.69 Å². The number of ketones is 1. The van der Waals surface area contributed by atoms with E-state index >= 15 is 0 Å². The molecular weight excluding hydrogens is 176 g/mol. The molecule has 3 nitrogen and oxygen atoms in total. The van der Waals surface area contributed by atoms with Crippen LogP contribution in [0.25, 0.3) is 0 Å². The molecule has 3 heteroatoms. The summed E-state index contributed by atoms with van der Waals surface area (Å²) in [7, 11) is 0. The number of aryl methyl sites for hydroxylation is 1. The van der Waals surface area contributed by atoms with Gasteiger partial charge in [-0.05, 0) is 18.6 Å². The van der Waals surface area contributed by atoms with E-state index in [-0.39, 0.29) is 18.1 Å². The Morgan fingerprint density at radius 3 is 2.86 bits per heavy atom. The standard InChI is InChI=1S/C11H12N2O/c1-8-3-4-10(13-7-8)11(14)9(2)5-6-12/h3-4,7,9H,5H2,1-2H3. The number of carbonyl (C=O) groups is 1. The van der Waals surface area contributed by atoms with Gasteiger partial charge >= 0.3 is 0 Å². The van der Waals surface area contributed by atoms with E-state index in [2.05, 4.69) is 4.98 Å². The Morgan fingerprint density at radius 1 is 1.64 bits per heavy atom. The van der Waals surface area contributed by atoms with Crippen molar-refractivity contribution in [3.63, 3.8) is 0 Å². The zero-order valence-corrected chi connectivity index (χ0v) is 8.32. The predicted molar refractivity (Wildman–Crippen MR) is 52.7 cm³/mol. The normalized spacial score (nSPS) is 11.8. The van der Waals surface area contributed by atoms with Gasteiger partial charge in [0.15, 0.2) is 5.78 Å². The molecule has 0 saturated carbocycles. The average Bonchev–Trinajstić information content (AvgIpc) is 2.18. The summed E-state index contributed by atoms with van der Waals surface area (Å²) in [6.07, 6.45) is 1.90. The van der Waals surface area contributed by atoms with Crippen molar-refractivity contribution in [2.75, 3.05) is 0 Å². The quantitative estimate of drug-likeness (QED) is 0.683. The molecule has 1 unspecified atom stereocenters. The van der Waals surface area contributed by atoms with E-state index in [4.69, 9.17) is 5.26 Å². The van der Waals surface area contributed by atoms with E-state index in [0.717, 1.165) is 5.56 Å². The summed E-state index contributed by atoms with van der Waals surface area (Å²) >= 11 is 0. The number of rotatable bonds is 3. The van der Waals surface area contributed by atoms with Crippen molar-refractivity contribution in [1.29, 1.82) is 5.26 Å². The summed E-state index contributed by atoms with van der Waals surface area (Å²) in [6, 6.07) is 5.53. The lowest BCUT2D eigenvalue weighted by atomic mass is 10.0. The largest absolute Gasteiger partial charge is 0.292 e. The highest BCUT2D eigenvalue weighted by atomic mass is 16.1. The van der Waals surface area contributed by atoms with Crippen molar-refractivity contribution in [2.45, 2.75) is 20.3 Å². The molecule has 0 saturated heterocycles. The summed E-state index contributed by atoms with van der Waals surface area (Å²) in [5.41, 5.74) is 1.47. The van der Waals surface area contributed by atoms with E-state index in [1.165, 1.54) is 0 Å². The third-order valence-corrected chi connectivity index (χ3v) is 2.01. The molecule has 0 spiro atoms. The van der Waals surface area contributed by atoms with Crippen LogP contribution in [0, 0.1) is 24.2 Å². The molecule has 1 aromatic rings. The third kappa shape index (κ3) is 2.40. The first-order valence-corrected chi connectivity index (χ1v) is 4.49. The van der Waals surface area contributed by atoms with E-state index in [1.807, 2.05) is 19.1 Å². The first-order chi connectivity index (χ1) is 6.65. The average molecular weight is 188 g/mol. The van der Waals surface area contributed by atoms with Crippen molar-refractivity contribution in [2.24, 2.45) is 5.92 Å². The number of hydrogen-bond donors (Lipinski definition) is 0. The second-order valence-electron chi connectivity index (χ2n) is 3.35. The highest BCUT2D eigenvalue weighted by Gasteiger charge is 2.15. The Bertz CT molecular complexity index is 362. The fraction of sp³-hybridized carbons (Fsp3) is 0.364. The molecule has 0 bridgehead atoms. The van der Waals surface area contributed by atoms with Gasteiger partial charge in [-0.25, -0.2) is 0 Å². The molecule has 0 aromatic carbocycles. The maximum Gasteiger partial charge on any atom is 0.184 e. The van der Waals surface area contributed by atoms with Gasteiger partial charge in [-0.3, -0.25) is 9.78 Å². The lowest BCUT2D eigenvalue weighted by Gasteiger charge is -2.04. The van der Waals surface area contributed by atoms with Gasteiger partial charge in [-0.15, -0.1) is 0 Å². The lowest BCUT2D eigenvalue weighted by Crippen LogP contribution is -2.12. The second-order valence-corrected chi connectivity index (χ2v) is 3.35. The molecule has 1 heterocycles. The van der Waals surface area contributed by atoms with Crippen molar-refractivity contribution >= 4 is 5.78 Å². The second kappa shape index (κ2) is 4.52. The number of pyridine rings is 1. The molecule has 0 amide bonds. The van der Waals surface area contributed by atoms with Crippen molar-refractivity contribution in [3.8, 4) is 6.07 Å². The van der Waals surface area contributed by atoms with Crippen LogP contribution >= 0.6 is 0 Å². The van der Waals surface area contributed by atoms with Crippen molar-refractivity contribution < 1.29 is 4.79 Å². The number of carbonyl (C=O) groups excluding carboxylic acids is 1. The molecule has 72 valence electrons. The van der Waals surface area contributed by atoms with Crippen LogP contribution in [-0.4, -0.2) is 10.8 Å². The minimum atomic E-state index is -0.268. The van der Waals surface area contributed by atoms with Gasteiger partial charge < -0.3 is 0 Å². The minimum absolute atomic E-state index is 0.0634. The van der Waals surface area contributed by atoms with Gasteiger partial charge in [0.25, 0.3) is 0 Å². The maximum absolute atomic E-state index is 11.6. The van der Waals surface area contributed by atoms with Gasteiger partial charge in [0, 0.05) is 18.5 Å². The number of nitrogens with zero attached hydrogens (tertiary/aromatic N) is 2. The predicted octanol–water partition coefficient (Wildman–Crippen LogP) is 2.12. The van der Waals surface area contributed by atoms with E-state index in [9.17, 15) is 4.79 Å². The number of aromatic nitrogens is 1. The fourth-order valence-electron chi connectivity index (χ4n) is 1.10. The van der Waals surface area contributed by atoms with Crippen LogP contribution in [0.3, 0.4) is 0 Å². The topological polar surface area (TPSA) is 53.8 Å². The zero-order chi connectivity index (χ0) is 10.6. The molecule has 1 atom stereocenters. The van der Waals surface area contributed by atoms with Crippen LogP contribution in [-0.2, 0) is 0 Å². The lowest BCUT2D eigenvalue weighted by molar-refractivity contribution is 0.0927. The number of Topliss-reactive ketones (excluding diaryl/α,β-unsaturated/α-hetero) is 1. The Labute approximate surface area is 83.4 Å². The minimum Gasteiger partial charge on any atom is -0.292 e. The molecular formula is C11H12N2O. The first kappa shape index (κ1) is 10.4. The van der Waals surface area contributed by atoms with Crippen LogP contribution in [0.2, 0.25) is 0 Å². The molecule has 1 rings (SSSR count). The monoisotopic (exact) mass is 188 g/mol. The van der Waals surface area contributed by atoms with Crippen LogP contribution in [0.15, 0.2) is 18.3 Å². The third-order valence-electron chi connectivity index (χ3n) is 2.01. The fourth-order valence-corrected chi connectivity index (χ4v) is 1.10. The first-order valence-electron chi connectivity index (χ1n) is 4.49. The molecule has 0 fully saturated rings. The van der Waals surface area contributed by atoms with Gasteiger partial charge in [0.05, 0.1) is 6.07 Å². The highest BCUT2D eigenvalue weighted by molar-refractivity contribution is 5.95. The molecule has 0 N–H and O–H groups in total. The summed E-state index contributed by atoms with van der Waals surface area (Å²) in [5.74, 6) is -0.332. The van der Waals surface area contributed by atoms with Crippen LogP contribution in [0.5, 0.6) is 0 Å². The number of nitriles is 1. The van der Waals surface area contributed by atoms with Gasteiger partial charge in [-0.1, -0.05) is 13.0 Å². The molecule has 0 aliphatic rings. The van der Waals surface area contributed by atoms with Crippen molar-refractivity contribution in [3.05, 3.63) is 29.6 Å². The molecule has 14 heavy (non-hydrogen) atoms. The summed E-state index contributed by atoms with van der Waals surface area (Å²) in [6.45, 7) is 3.66. The maximum atomic E-state index is 11.6. The van der Waals surface area contributed by atoms with Crippen LogP contribution in [0.1, 0.15) is 29.4 Å². The Morgan fingerprint density at radius 2 is 2.36 bits per heavy atom. The van der Waals surface area contributed by atoms with E-state index in [1.54, 1.807) is 19.2 Å². The van der Waals surface area contributed by atoms with Gasteiger partial charge in [0.1, 0.15) is 5.69 Å². The van der Waals surface area contributed by atoms with Gasteiger partial charge in [0.2, 0.25) is 0 Å². The molecule has 0 aliphatic heterocycles. The molecule has 0 aliphatic carbocycles. The zero-order valence-electron chi connectivity index (χ0n) is 8.32. The summed E-state index contributed by atoms with van der Waals surface area (Å²) in [4.78, 5) is 15.7. The van der Waals surface area contributed by atoms with E-state index < -0.39 is 0 Å². The summed E-state index contributed by atoms with van der Waals surface area (Å²) < 4.78 is 0. The summed E-state index contributed by atoms with van der Waals surface area (Å²) in [5, 5.41) is 8.45. The Kier molecular flexibility index (Phi) is 3.35. The van der Waals surface area contributed by atoms with Crippen molar-refractivity contribution in [1.82, 2.24) is 4.98 Å². The SMILES string of the molecule is Cc1ccc(C(=O)C(C)CC#N)nc1. The number of hydrogen-bond acceptors (Lipinski definition) is 3. The smallest absolute Gasteiger partial charge is 0.184 e. The highest BCUT2D eigenvalue weighted by Crippen LogP contribution is 2.09. The molecule has 1 aromatic heterocycles. The molecule has 0 radical (unpaired) electrons. The van der Waals surface area contributed by atoms with Gasteiger partial charge in [-0.2, -0.15) is 5.26 Å².